The van der Waals surface area contributed by atoms with Gasteiger partial charge in [0.2, 0.25) is 0 Å². The van der Waals surface area contributed by atoms with Crippen molar-refractivity contribution in [3.63, 3.8) is 0 Å². The summed E-state index contributed by atoms with van der Waals surface area (Å²) in [5, 5.41) is 4.58. The third kappa shape index (κ3) is 1.84. The van der Waals surface area contributed by atoms with Crippen molar-refractivity contribution in [3.05, 3.63) is 24.2 Å². The first kappa shape index (κ1) is 11.5. The molecule has 5 nitrogen and oxygen atoms in total. The highest BCUT2D eigenvalue weighted by molar-refractivity contribution is 5.63. The third-order valence-electron chi connectivity index (χ3n) is 3.73. The molecule has 1 aliphatic rings. The fraction of sp³-hybridized carbons (Fsp3) is 0.538. The molecule has 5 heteroatoms. The van der Waals surface area contributed by atoms with E-state index in [0.717, 1.165) is 31.0 Å². The average Bonchev–Trinajstić information content (AvgIpc) is 2.84. The Morgan fingerprint density at radius 1 is 1.44 bits per heavy atom. The third-order valence-corrected chi connectivity index (χ3v) is 3.73. The van der Waals surface area contributed by atoms with Crippen molar-refractivity contribution in [2.24, 2.45) is 0 Å². The van der Waals surface area contributed by atoms with Crippen molar-refractivity contribution >= 4 is 11.3 Å². The summed E-state index contributed by atoms with van der Waals surface area (Å²) >= 11 is 0. The Kier molecular flexibility index (Phi) is 2.91. The molecule has 1 fully saturated rings. The van der Waals surface area contributed by atoms with E-state index in [0.29, 0.717) is 11.7 Å². The van der Waals surface area contributed by atoms with Crippen LogP contribution in [0.5, 0.6) is 0 Å². The molecule has 0 saturated carbocycles. The number of nitrogen functional groups attached to an aromatic ring is 1. The highest BCUT2D eigenvalue weighted by Crippen LogP contribution is 2.29. The van der Waals surface area contributed by atoms with E-state index in [1.54, 1.807) is 4.52 Å². The van der Waals surface area contributed by atoms with Crippen molar-refractivity contribution < 1.29 is 0 Å². The highest BCUT2D eigenvalue weighted by Gasteiger charge is 2.26. The van der Waals surface area contributed by atoms with Gasteiger partial charge < -0.3 is 5.73 Å². The van der Waals surface area contributed by atoms with Crippen LogP contribution in [0.25, 0.3) is 5.65 Å². The summed E-state index contributed by atoms with van der Waals surface area (Å²) in [6.07, 6.45) is 5.58. The van der Waals surface area contributed by atoms with Crippen LogP contribution in [0.3, 0.4) is 0 Å². The summed E-state index contributed by atoms with van der Waals surface area (Å²) in [6.45, 7) is 4.39. The summed E-state index contributed by atoms with van der Waals surface area (Å²) in [7, 11) is 0. The van der Waals surface area contributed by atoms with Crippen LogP contribution in [0.1, 0.15) is 38.1 Å². The molecule has 0 spiro atoms. The number of piperidine rings is 1. The molecule has 1 saturated heterocycles. The molecule has 0 aliphatic carbocycles. The quantitative estimate of drug-likeness (QED) is 0.877. The number of likely N-dealkylation sites (tertiary alicyclic amines) is 1. The molecule has 2 N–H and O–H groups in total. The summed E-state index contributed by atoms with van der Waals surface area (Å²) in [6, 6.07) is 4.12. The van der Waals surface area contributed by atoms with Crippen LogP contribution < -0.4 is 5.73 Å². The van der Waals surface area contributed by atoms with Crippen molar-refractivity contribution in [2.75, 3.05) is 18.8 Å². The molecule has 1 aliphatic heterocycles. The van der Waals surface area contributed by atoms with Gasteiger partial charge in [-0.05, 0) is 38.1 Å². The maximum Gasteiger partial charge on any atom is 0.178 e. The van der Waals surface area contributed by atoms with Crippen LogP contribution in [0.15, 0.2) is 18.3 Å². The number of rotatable bonds is 2. The lowest BCUT2D eigenvalue weighted by molar-refractivity contribution is 0.150. The van der Waals surface area contributed by atoms with Crippen molar-refractivity contribution in [2.45, 2.75) is 32.2 Å². The molecule has 18 heavy (non-hydrogen) atoms. The van der Waals surface area contributed by atoms with Crippen LogP contribution in [0, 0.1) is 0 Å². The Bertz CT molecular complexity index is 547. The van der Waals surface area contributed by atoms with E-state index in [4.69, 9.17) is 5.73 Å². The van der Waals surface area contributed by atoms with Gasteiger partial charge >= 0.3 is 0 Å². The second-order valence-electron chi connectivity index (χ2n) is 4.84. The molecular weight excluding hydrogens is 226 g/mol. The average molecular weight is 245 g/mol. The van der Waals surface area contributed by atoms with E-state index < -0.39 is 0 Å². The minimum atomic E-state index is 0.350. The van der Waals surface area contributed by atoms with Gasteiger partial charge in [-0.25, -0.2) is 9.50 Å². The second kappa shape index (κ2) is 4.57. The number of fused-ring (bicyclic) bond motifs is 1. The Morgan fingerprint density at radius 3 is 3.11 bits per heavy atom. The van der Waals surface area contributed by atoms with Gasteiger partial charge in [0.15, 0.2) is 11.5 Å². The molecule has 0 aromatic carbocycles. The Labute approximate surface area is 107 Å². The van der Waals surface area contributed by atoms with Crippen molar-refractivity contribution in [1.29, 1.82) is 0 Å². The van der Waals surface area contributed by atoms with E-state index in [9.17, 15) is 0 Å². The molecular formula is C13H19N5. The van der Waals surface area contributed by atoms with E-state index in [-0.39, 0.29) is 0 Å². The number of anilines is 1. The van der Waals surface area contributed by atoms with Crippen molar-refractivity contribution in [1.82, 2.24) is 19.5 Å². The molecule has 1 unspecified atom stereocenters. The summed E-state index contributed by atoms with van der Waals surface area (Å²) in [4.78, 5) is 7.07. The topological polar surface area (TPSA) is 59.5 Å². The SMILES string of the molecule is CCN1CCCCC1c1nc2c(N)cccn2n1. The lowest BCUT2D eigenvalue weighted by atomic mass is 10.0. The molecule has 0 bridgehead atoms. The predicted octanol–water partition coefficient (Wildman–Crippen LogP) is 1.86. The number of nitrogens with zero attached hydrogens (tertiary/aromatic N) is 4. The first-order chi connectivity index (χ1) is 8.79. The van der Waals surface area contributed by atoms with Gasteiger partial charge in [-0.1, -0.05) is 13.3 Å². The molecule has 0 radical (unpaired) electrons. The van der Waals surface area contributed by atoms with E-state index in [1.165, 1.54) is 12.8 Å². The van der Waals surface area contributed by atoms with Gasteiger partial charge in [-0.2, -0.15) is 0 Å². The molecule has 3 heterocycles. The fourth-order valence-electron chi connectivity index (χ4n) is 2.75. The van der Waals surface area contributed by atoms with Gasteiger partial charge in [0.05, 0.1) is 11.7 Å². The number of hydrogen-bond acceptors (Lipinski definition) is 4. The lowest BCUT2D eigenvalue weighted by Gasteiger charge is -2.32. The zero-order chi connectivity index (χ0) is 12.5. The minimum absolute atomic E-state index is 0.350. The number of pyridine rings is 1. The molecule has 2 aromatic heterocycles. The predicted molar refractivity (Wildman–Crippen MR) is 71.2 cm³/mol. The van der Waals surface area contributed by atoms with Gasteiger partial charge in [-0.3, -0.25) is 4.90 Å². The van der Waals surface area contributed by atoms with Crippen LogP contribution in [-0.4, -0.2) is 32.6 Å². The minimum Gasteiger partial charge on any atom is -0.396 e. The number of nitrogens with two attached hydrogens (primary N) is 1. The zero-order valence-electron chi connectivity index (χ0n) is 10.7. The van der Waals surface area contributed by atoms with Crippen LogP contribution in [0.2, 0.25) is 0 Å². The summed E-state index contributed by atoms with van der Waals surface area (Å²) in [5.74, 6) is 0.912. The number of hydrogen-bond donors (Lipinski definition) is 1. The molecule has 96 valence electrons. The maximum absolute atomic E-state index is 5.93. The Hall–Kier alpha value is -1.62. The standard InChI is InChI=1S/C13H19N5/c1-2-17-8-4-3-7-11(17)12-15-13-10(14)6-5-9-18(13)16-12/h5-6,9,11H,2-4,7-8,14H2,1H3. The lowest BCUT2D eigenvalue weighted by Crippen LogP contribution is -2.33. The van der Waals surface area contributed by atoms with E-state index >= 15 is 0 Å². The van der Waals surface area contributed by atoms with Gasteiger partial charge in [0, 0.05) is 6.20 Å². The van der Waals surface area contributed by atoms with Crippen LogP contribution in [0.4, 0.5) is 5.69 Å². The maximum atomic E-state index is 5.93. The molecule has 0 amide bonds. The second-order valence-corrected chi connectivity index (χ2v) is 4.84. The molecule has 3 rings (SSSR count). The Morgan fingerprint density at radius 2 is 2.33 bits per heavy atom. The first-order valence-corrected chi connectivity index (χ1v) is 6.64. The normalized spacial score (nSPS) is 21.5. The van der Waals surface area contributed by atoms with Crippen molar-refractivity contribution in [3.8, 4) is 0 Å². The van der Waals surface area contributed by atoms with Gasteiger partial charge in [-0.15, -0.1) is 5.10 Å². The highest BCUT2D eigenvalue weighted by atomic mass is 15.3. The molecule has 1 atom stereocenters. The fourth-order valence-corrected chi connectivity index (χ4v) is 2.75. The molecule has 2 aromatic rings. The largest absolute Gasteiger partial charge is 0.396 e. The monoisotopic (exact) mass is 245 g/mol. The van der Waals surface area contributed by atoms with Crippen LogP contribution in [-0.2, 0) is 0 Å². The van der Waals surface area contributed by atoms with E-state index in [2.05, 4.69) is 21.9 Å². The van der Waals surface area contributed by atoms with Gasteiger partial charge in [0.25, 0.3) is 0 Å². The first-order valence-electron chi connectivity index (χ1n) is 6.64. The van der Waals surface area contributed by atoms with Gasteiger partial charge in [0.1, 0.15) is 0 Å². The number of aromatic nitrogens is 3. The van der Waals surface area contributed by atoms with E-state index in [1.807, 2.05) is 18.3 Å². The summed E-state index contributed by atoms with van der Waals surface area (Å²) < 4.78 is 1.78. The smallest absolute Gasteiger partial charge is 0.178 e. The zero-order valence-corrected chi connectivity index (χ0v) is 10.7. The Balaban J connectivity index is 2.00. The summed E-state index contributed by atoms with van der Waals surface area (Å²) in [5.41, 5.74) is 7.39. The van der Waals surface area contributed by atoms with Crippen LogP contribution >= 0.6 is 0 Å².